The van der Waals surface area contributed by atoms with Crippen molar-refractivity contribution in [2.45, 2.75) is 46.1 Å². The van der Waals surface area contributed by atoms with Crippen molar-refractivity contribution in [2.75, 3.05) is 6.54 Å². The maximum absolute atomic E-state index is 4.52. The van der Waals surface area contributed by atoms with Gasteiger partial charge in [-0.1, -0.05) is 13.3 Å². The Hall–Kier alpha value is -1.49. The van der Waals surface area contributed by atoms with E-state index in [0.717, 1.165) is 41.9 Å². The molecule has 0 saturated carbocycles. The molecule has 3 heterocycles. The maximum Gasteiger partial charge on any atom is 0.164 e. The fourth-order valence-corrected chi connectivity index (χ4v) is 3.05. The lowest BCUT2D eigenvalue weighted by atomic mass is 9.90. The Bertz CT molecular complexity index is 589. The van der Waals surface area contributed by atoms with E-state index in [9.17, 15) is 0 Å². The second-order valence-corrected chi connectivity index (χ2v) is 5.50. The summed E-state index contributed by atoms with van der Waals surface area (Å²) in [4.78, 5) is 4.52. The molecule has 5 heteroatoms. The molecule has 0 aliphatic carbocycles. The molecule has 2 atom stereocenters. The number of rotatable bonds is 2. The largest absolute Gasteiger partial charge is 0.307 e. The standard InChI is InChI=1S/C14H21N5/c1-4-11-5-6-15-12(8-11)14-18-17-13-7-9(2)16-10(3)19(13)14/h7,11-12,15H,4-6,8H2,1-3H3. The minimum absolute atomic E-state index is 0.303. The van der Waals surface area contributed by atoms with E-state index >= 15 is 0 Å². The SMILES string of the molecule is CCC1CCNC(c2nnc3cc(C)nc(C)n23)C1. The highest BCUT2D eigenvalue weighted by atomic mass is 15.3. The van der Waals surface area contributed by atoms with E-state index in [1.165, 1.54) is 12.8 Å². The molecule has 1 aliphatic rings. The minimum atomic E-state index is 0.303. The van der Waals surface area contributed by atoms with Crippen LogP contribution in [0.15, 0.2) is 6.07 Å². The summed E-state index contributed by atoms with van der Waals surface area (Å²) in [5.41, 5.74) is 1.90. The second kappa shape index (κ2) is 4.89. The zero-order valence-corrected chi connectivity index (χ0v) is 11.8. The van der Waals surface area contributed by atoms with Gasteiger partial charge in [-0.05, 0) is 39.2 Å². The molecule has 2 aromatic heterocycles. The van der Waals surface area contributed by atoms with Crippen molar-refractivity contribution in [2.24, 2.45) is 5.92 Å². The first-order chi connectivity index (χ1) is 9.19. The molecule has 1 aliphatic heterocycles. The molecular weight excluding hydrogens is 238 g/mol. The Labute approximate surface area is 113 Å². The molecule has 0 radical (unpaired) electrons. The molecule has 1 saturated heterocycles. The molecule has 102 valence electrons. The van der Waals surface area contributed by atoms with Crippen molar-refractivity contribution in [3.8, 4) is 0 Å². The zero-order valence-electron chi connectivity index (χ0n) is 11.8. The van der Waals surface area contributed by atoms with Gasteiger partial charge in [0.25, 0.3) is 0 Å². The van der Waals surface area contributed by atoms with Gasteiger partial charge in [0.2, 0.25) is 0 Å². The summed E-state index contributed by atoms with van der Waals surface area (Å²) in [6.07, 6.45) is 3.65. The van der Waals surface area contributed by atoms with Crippen molar-refractivity contribution in [3.05, 3.63) is 23.4 Å². The van der Waals surface area contributed by atoms with Gasteiger partial charge in [0.1, 0.15) is 5.82 Å². The molecular formula is C14H21N5. The highest BCUT2D eigenvalue weighted by molar-refractivity contribution is 5.40. The Balaban J connectivity index is 2.01. The summed E-state index contributed by atoms with van der Waals surface area (Å²) in [7, 11) is 0. The van der Waals surface area contributed by atoms with Crippen LogP contribution in [0.25, 0.3) is 5.65 Å². The highest BCUT2D eigenvalue weighted by Crippen LogP contribution is 2.28. The molecule has 1 fully saturated rings. The van der Waals surface area contributed by atoms with Gasteiger partial charge in [0, 0.05) is 11.8 Å². The Kier molecular flexibility index (Phi) is 3.22. The molecule has 0 aromatic carbocycles. The summed E-state index contributed by atoms with van der Waals surface area (Å²) in [6.45, 7) is 7.35. The van der Waals surface area contributed by atoms with Crippen molar-refractivity contribution < 1.29 is 0 Å². The molecule has 3 rings (SSSR count). The van der Waals surface area contributed by atoms with Crippen LogP contribution in [0.3, 0.4) is 0 Å². The van der Waals surface area contributed by atoms with Crippen LogP contribution in [-0.2, 0) is 0 Å². The molecule has 1 N–H and O–H groups in total. The van der Waals surface area contributed by atoms with E-state index < -0.39 is 0 Å². The van der Waals surface area contributed by atoms with E-state index in [1.807, 2.05) is 19.9 Å². The van der Waals surface area contributed by atoms with Crippen LogP contribution in [-0.4, -0.2) is 26.1 Å². The predicted molar refractivity (Wildman–Crippen MR) is 74.0 cm³/mol. The third-order valence-corrected chi connectivity index (χ3v) is 4.11. The van der Waals surface area contributed by atoms with Gasteiger partial charge in [-0.25, -0.2) is 4.98 Å². The van der Waals surface area contributed by atoms with Gasteiger partial charge in [-0.3, -0.25) is 4.40 Å². The molecule has 2 unspecified atom stereocenters. The van der Waals surface area contributed by atoms with Gasteiger partial charge in [0.05, 0.1) is 6.04 Å². The van der Waals surface area contributed by atoms with E-state index in [4.69, 9.17) is 0 Å². The normalized spacial score (nSPS) is 23.9. The van der Waals surface area contributed by atoms with Crippen LogP contribution in [0.2, 0.25) is 0 Å². The number of nitrogens with zero attached hydrogens (tertiary/aromatic N) is 4. The van der Waals surface area contributed by atoms with Crippen LogP contribution in [0, 0.1) is 19.8 Å². The van der Waals surface area contributed by atoms with Gasteiger partial charge in [0.15, 0.2) is 11.5 Å². The van der Waals surface area contributed by atoms with E-state index in [2.05, 4.69) is 31.8 Å². The van der Waals surface area contributed by atoms with Crippen LogP contribution in [0.5, 0.6) is 0 Å². The average Bonchev–Trinajstić information content (AvgIpc) is 2.82. The molecule has 0 spiro atoms. The second-order valence-electron chi connectivity index (χ2n) is 5.50. The van der Waals surface area contributed by atoms with E-state index in [0.29, 0.717) is 6.04 Å². The minimum Gasteiger partial charge on any atom is -0.307 e. The van der Waals surface area contributed by atoms with E-state index in [1.54, 1.807) is 0 Å². The van der Waals surface area contributed by atoms with Crippen molar-refractivity contribution >= 4 is 5.65 Å². The van der Waals surface area contributed by atoms with Gasteiger partial charge < -0.3 is 5.32 Å². The average molecular weight is 259 g/mol. The summed E-state index contributed by atoms with van der Waals surface area (Å²) in [5.74, 6) is 2.77. The van der Waals surface area contributed by atoms with Crippen molar-refractivity contribution in [1.82, 2.24) is 24.9 Å². The van der Waals surface area contributed by atoms with Gasteiger partial charge in [-0.2, -0.15) is 0 Å². The predicted octanol–water partition coefficient (Wildman–Crippen LogP) is 2.19. The zero-order chi connectivity index (χ0) is 13.4. The number of hydrogen-bond donors (Lipinski definition) is 1. The number of nitrogens with one attached hydrogen (secondary N) is 1. The van der Waals surface area contributed by atoms with Crippen LogP contribution < -0.4 is 5.32 Å². The van der Waals surface area contributed by atoms with Crippen molar-refractivity contribution in [1.29, 1.82) is 0 Å². The summed E-state index contributed by atoms with van der Waals surface area (Å²) in [5, 5.41) is 12.3. The lowest BCUT2D eigenvalue weighted by Gasteiger charge is -2.28. The van der Waals surface area contributed by atoms with Crippen LogP contribution >= 0.6 is 0 Å². The number of hydrogen-bond acceptors (Lipinski definition) is 4. The lowest BCUT2D eigenvalue weighted by molar-refractivity contribution is 0.289. The monoisotopic (exact) mass is 259 g/mol. The fraction of sp³-hybridized carbons (Fsp3) is 0.643. The number of aromatic nitrogens is 4. The van der Waals surface area contributed by atoms with Crippen LogP contribution in [0.1, 0.15) is 49.6 Å². The van der Waals surface area contributed by atoms with E-state index in [-0.39, 0.29) is 0 Å². The molecule has 0 bridgehead atoms. The topological polar surface area (TPSA) is 55.1 Å². The first-order valence-corrected chi connectivity index (χ1v) is 7.11. The maximum atomic E-state index is 4.52. The first kappa shape index (κ1) is 12.5. The summed E-state index contributed by atoms with van der Waals surface area (Å²) < 4.78 is 2.09. The molecule has 19 heavy (non-hydrogen) atoms. The first-order valence-electron chi connectivity index (χ1n) is 7.11. The Morgan fingerprint density at radius 2 is 2.21 bits per heavy atom. The smallest absolute Gasteiger partial charge is 0.164 e. The summed E-state index contributed by atoms with van der Waals surface area (Å²) >= 11 is 0. The molecule has 0 amide bonds. The van der Waals surface area contributed by atoms with Gasteiger partial charge >= 0.3 is 0 Å². The third kappa shape index (κ3) is 2.23. The third-order valence-electron chi connectivity index (χ3n) is 4.11. The molecule has 2 aromatic rings. The Morgan fingerprint density at radius 3 is 3.00 bits per heavy atom. The molecule has 5 nitrogen and oxygen atoms in total. The number of aryl methyl sites for hydroxylation is 2. The number of fused-ring (bicyclic) bond motifs is 1. The Morgan fingerprint density at radius 1 is 1.37 bits per heavy atom. The highest BCUT2D eigenvalue weighted by Gasteiger charge is 2.26. The van der Waals surface area contributed by atoms with Gasteiger partial charge in [-0.15, -0.1) is 10.2 Å². The summed E-state index contributed by atoms with van der Waals surface area (Å²) in [6, 6.07) is 2.29. The van der Waals surface area contributed by atoms with Crippen molar-refractivity contribution in [3.63, 3.8) is 0 Å². The quantitative estimate of drug-likeness (QED) is 0.898. The lowest BCUT2D eigenvalue weighted by Crippen LogP contribution is -2.33. The van der Waals surface area contributed by atoms with Crippen LogP contribution in [0.4, 0.5) is 0 Å². The number of piperidine rings is 1. The fourth-order valence-electron chi connectivity index (χ4n) is 3.05.